The summed E-state index contributed by atoms with van der Waals surface area (Å²) in [6, 6.07) is 3.69. The van der Waals surface area contributed by atoms with Crippen molar-refractivity contribution in [2.24, 2.45) is 5.92 Å². The zero-order valence-electron chi connectivity index (χ0n) is 14.8. The SMILES string of the molecule is CC1CCN(C(=O)[C@@H]2CCCN2C(=O)c2ccc(C(F)(F)F)cc2)CC1. The van der Waals surface area contributed by atoms with E-state index in [4.69, 9.17) is 0 Å². The summed E-state index contributed by atoms with van der Waals surface area (Å²) in [4.78, 5) is 28.9. The molecule has 0 unspecified atom stereocenters. The Morgan fingerprint density at radius 1 is 1.00 bits per heavy atom. The molecule has 1 aromatic rings. The minimum absolute atomic E-state index is 0.0327. The minimum Gasteiger partial charge on any atom is -0.341 e. The zero-order valence-corrected chi connectivity index (χ0v) is 14.8. The number of amides is 2. The molecule has 2 amide bonds. The molecule has 142 valence electrons. The number of alkyl halides is 3. The van der Waals surface area contributed by atoms with E-state index < -0.39 is 17.8 Å². The van der Waals surface area contributed by atoms with Gasteiger partial charge >= 0.3 is 6.18 Å². The van der Waals surface area contributed by atoms with Gasteiger partial charge in [0.15, 0.2) is 0 Å². The van der Waals surface area contributed by atoms with Gasteiger partial charge in [0.05, 0.1) is 5.56 Å². The fraction of sp³-hybridized carbons (Fsp3) is 0.579. The third-order valence-corrected chi connectivity index (χ3v) is 5.35. The fourth-order valence-electron chi connectivity index (χ4n) is 3.67. The smallest absolute Gasteiger partial charge is 0.341 e. The Hall–Kier alpha value is -2.05. The lowest BCUT2D eigenvalue weighted by molar-refractivity contribution is -0.137. The summed E-state index contributed by atoms with van der Waals surface area (Å²) in [6.45, 7) is 4.04. The molecule has 0 N–H and O–H groups in total. The van der Waals surface area contributed by atoms with E-state index in [9.17, 15) is 22.8 Å². The Morgan fingerprint density at radius 2 is 1.62 bits per heavy atom. The highest BCUT2D eigenvalue weighted by atomic mass is 19.4. The van der Waals surface area contributed by atoms with Gasteiger partial charge in [-0.2, -0.15) is 13.2 Å². The van der Waals surface area contributed by atoms with Crippen LogP contribution in [0.25, 0.3) is 0 Å². The molecule has 3 rings (SSSR count). The number of piperidine rings is 1. The first-order valence-corrected chi connectivity index (χ1v) is 9.04. The van der Waals surface area contributed by atoms with Gasteiger partial charge in [0.25, 0.3) is 5.91 Å². The van der Waals surface area contributed by atoms with Crippen LogP contribution in [0.2, 0.25) is 0 Å². The standard InChI is InChI=1S/C19H23F3N2O2/c1-13-8-11-23(12-9-13)18(26)16-3-2-10-24(16)17(25)14-4-6-15(7-5-14)19(20,21)22/h4-7,13,16H,2-3,8-12H2,1H3/t16-/m0/s1. The van der Waals surface area contributed by atoms with E-state index in [1.54, 1.807) is 0 Å². The van der Waals surface area contributed by atoms with Crippen LogP contribution in [-0.2, 0) is 11.0 Å². The lowest BCUT2D eigenvalue weighted by Gasteiger charge is -2.34. The maximum atomic E-state index is 12.8. The van der Waals surface area contributed by atoms with E-state index in [2.05, 4.69) is 6.92 Å². The predicted octanol–water partition coefficient (Wildman–Crippen LogP) is 3.57. The number of benzene rings is 1. The van der Waals surface area contributed by atoms with Gasteiger partial charge in [-0.15, -0.1) is 0 Å². The van der Waals surface area contributed by atoms with E-state index in [1.807, 2.05) is 4.90 Å². The molecule has 1 atom stereocenters. The van der Waals surface area contributed by atoms with Crippen LogP contribution >= 0.6 is 0 Å². The first kappa shape index (κ1) is 18.7. The summed E-state index contributed by atoms with van der Waals surface area (Å²) in [6.07, 6.45) is -1.17. The molecule has 2 aliphatic rings. The fourth-order valence-corrected chi connectivity index (χ4v) is 3.67. The van der Waals surface area contributed by atoms with Gasteiger partial charge in [0.1, 0.15) is 6.04 Å². The van der Waals surface area contributed by atoms with E-state index in [-0.39, 0.29) is 17.4 Å². The number of likely N-dealkylation sites (tertiary alicyclic amines) is 2. The molecule has 0 aliphatic carbocycles. The Morgan fingerprint density at radius 3 is 2.19 bits per heavy atom. The third-order valence-electron chi connectivity index (χ3n) is 5.35. The summed E-state index contributed by atoms with van der Waals surface area (Å²) in [5, 5.41) is 0. The highest BCUT2D eigenvalue weighted by molar-refractivity contribution is 5.98. The summed E-state index contributed by atoms with van der Waals surface area (Å²) >= 11 is 0. The van der Waals surface area contributed by atoms with E-state index in [0.29, 0.717) is 32.0 Å². The summed E-state index contributed by atoms with van der Waals surface area (Å²) in [7, 11) is 0. The molecular formula is C19H23F3N2O2. The lowest BCUT2D eigenvalue weighted by Crippen LogP contribution is -2.49. The molecule has 2 fully saturated rings. The number of rotatable bonds is 2. The lowest BCUT2D eigenvalue weighted by atomic mass is 9.98. The zero-order chi connectivity index (χ0) is 18.9. The number of halogens is 3. The number of nitrogens with zero attached hydrogens (tertiary/aromatic N) is 2. The first-order chi connectivity index (χ1) is 12.3. The van der Waals surface area contributed by atoms with Crippen molar-refractivity contribution in [3.05, 3.63) is 35.4 Å². The van der Waals surface area contributed by atoms with Crippen molar-refractivity contribution < 1.29 is 22.8 Å². The average molecular weight is 368 g/mol. The van der Waals surface area contributed by atoms with Crippen molar-refractivity contribution >= 4 is 11.8 Å². The Balaban J connectivity index is 1.71. The number of carbonyl (C=O) groups is 2. The van der Waals surface area contributed by atoms with Gasteiger partial charge in [-0.1, -0.05) is 6.92 Å². The second kappa shape index (κ2) is 7.29. The van der Waals surface area contributed by atoms with Gasteiger partial charge in [-0.25, -0.2) is 0 Å². The van der Waals surface area contributed by atoms with E-state index in [0.717, 1.165) is 31.4 Å². The normalized spacial score (nSPS) is 21.9. The van der Waals surface area contributed by atoms with Crippen LogP contribution in [-0.4, -0.2) is 47.3 Å². The van der Waals surface area contributed by atoms with Crippen LogP contribution in [0.3, 0.4) is 0 Å². The second-order valence-electron chi connectivity index (χ2n) is 7.24. The average Bonchev–Trinajstić information content (AvgIpc) is 3.10. The largest absolute Gasteiger partial charge is 0.416 e. The van der Waals surface area contributed by atoms with Crippen molar-refractivity contribution in [1.82, 2.24) is 9.80 Å². The molecule has 0 bridgehead atoms. The van der Waals surface area contributed by atoms with Crippen molar-refractivity contribution in [3.63, 3.8) is 0 Å². The van der Waals surface area contributed by atoms with Gasteiger partial charge in [-0.3, -0.25) is 9.59 Å². The van der Waals surface area contributed by atoms with Crippen molar-refractivity contribution in [2.45, 2.75) is 44.8 Å². The van der Waals surface area contributed by atoms with Gasteiger partial charge < -0.3 is 9.80 Å². The molecule has 0 aromatic heterocycles. The Labute approximate surface area is 151 Å². The van der Waals surface area contributed by atoms with Gasteiger partial charge in [0.2, 0.25) is 5.91 Å². The van der Waals surface area contributed by atoms with Gasteiger partial charge in [0, 0.05) is 25.2 Å². The molecular weight excluding hydrogens is 345 g/mol. The maximum Gasteiger partial charge on any atom is 0.416 e. The highest BCUT2D eigenvalue weighted by Crippen LogP contribution is 2.30. The summed E-state index contributed by atoms with van der Waals surface area (Å²) in [5.41, 5.74) is -0.601. The highest BCUT2D eigenvalue weighted by Gasteiger charge is 2.38. The minimum atomic E-state index is -4.43. The molecule has 2 aliphatic heterocycles. The van der Waals surface area contributed by atoms with Crippen LogP contribution in [0.4, 0.5) is 13.2 Å². The Kier molecular flexibility index (Phi) is 5.25. The number of hydrogen-bond donors (Lipinski definition) is 0. The van der Waals surface area contributed by atoms with Crippen LogP contribution in [0.1, 0.15) is 48.5 Å². The topological polar surface area (TPSA) is 40.6 Å². The first-order valence-electron chi connectivity index (χ1n) is 9.04. The quantitative estimate of drug-likeness (QED) is 0.801. The monoisotopic (exact) mass is 368 g/mol. The molecule has 7 heteroatoms. The van der Waals surface area contributed by atoms with Crippen LogP contribution in [0, 0.1) is 5.92 Å². The summed E-state index contributed by atoms with van der Waals surface area (Å²) in [5.74, 6) is 0.196. The second-order valence-corrected chi connectivity index (χ2v) is 7.24. The molecule has 26 heavy (non-hydrogen) atoms. The molecule has 2 saturated heterocycles. The number of hydrogen-bond acceptors (Lipinski definition) is 2. The van der Waals surface area contributed by atoms with Crippen molar-refractivity contribution in [1.29, 1.82) is 0 Å². The van der Waals surface area contributed by atoms with Crippen LogP contribution in [0.5, 0.6) is 0 Å². The third kappa shape index (κ3) is 3.86. The van der Waals surface area contributed by atoms with Crippen LogP contribution < -0.4 is 0 Å². The van der Waals surface area contributed by atoms with Crippen molar-refractivity contribution in [2.75, 3.05) is 19.6 Å². The van der Waals surface area contributed by atoms with Crippen LogP contribution in [0.15, 0.2) is 24.3 Å². The number of carbonyl (C=O) groups excluding carboxylic acids is 2. The Bertz CT molecular complexity index is 664. The predicted molar refractivity (Wildman–Crippen MR) is 90.5 cm³/mol. The van der Waals surface area contributed by atoms with E-state index in [1.165, 1.54) is 17.0 Å². The molecule has 0 saturated carbocycles. The molecule has 2 heterocycles. The van der Waals surface area contributed by atoms with Gasteiger partial charge in [-0.05, 0) is 55.9 Å². The maximum absolute atomic E-state index is 12.8. The van der Waals surface area contributed by atoms with E-state index >= 15 is 0 Å². The molecule has 1 aromatic carbocycles. The van der Waals surface area contributed by atoms with Crippen molar-refractivity contribution in [3.8, 4) is 0 Å². The molecule has 0 radical (unpaired) electrons. The molecule has 4 nitrogen and oxygen atoms in total. The summed E-state index contributed by atoms with van der Waals surface area (Å²) < 4.78 is 38.0. The molecule has 0 spiro atoms.